The van der Waals surface area contributed by atoms with Crippen molar-refractivity contribution in [3.63, 3.8) is 0 Å². The van der Waals surface area contributed by atoms with E-state index in [0.29, 0.717) is 32.4 Å². The maximum atomic E-state index is 11.9. The van der Waals surface area contributed by atoms with Crippen molar-refractivity contribution < 1.29 is 19.5 Å². The molecule has 0 aromatic heterocycles. The van der Waals surface area contributed by atoms with Crippen molar-refractivity contribution in [2.45, 2.75) is 39.0 Å². The minimum atomic E-state index is -0.760. The molecule has 7 heteroatoms. The average Bonchev–Trinajstić information content (AvgIpc) is 2.47. The van der Waals surface area contributed by atoms with Crippen molar-refractivity contribution in [1.82, 2.24) is 15.5 Å². The van der Waals surface area contributed by atoms with Gasteiger partial charge in [0, 0.05) is 33.1 Å². The fourth-order valence-electron chi connectivity index (χ4n) is 2.71. The molecule has 1 saturated heterocycles. The van der Waals surface area contributed by atoms with Crippen LogP contribution in [0.5, 0.6) is 0 Å². The number of hydrogen-bond acceptors (Lipinski definition) is 3. The molecule has 0 unspecified atom stereocenters. The quantitative estimate of drug-likeness (QED) is 0.675. The van der Waals surface area contributed by atoms with Gasteiger partial charge in [0.2, 0.25) is 5.91 Å². The van der Waals surface area contributed by atoms with Gasteiger partial charge in [-0.3, -0.25) is 9.59 Å². The van der Waals surface area contributed by atoms with Crippen LogP contribution in [-0.2, 0) is 9.59 Å². The van der Waals surface area contributed by atoms with Gasteiger partial charge >= 0.3 is 12.0 Å². The van der Waals surface area contributed by atoms with Crippen molar-refractivity contribution in [3.8, 4) is 0 Å². The average molecular weight is 299 g/mol. The lowest BCUT2D eigenvalue weighted by Gasteiger charge is -2.38. The molecule has 0 saturated carbocycles. The highest BCUT2D eigenvalue weighted by molar-refractivity contribution is 5.79. The Hall–Kier alpha value is -1.79. The van der Waals surface area contributed by atoms with E-state index in [4.69, 9.17) is 0 Å². The molecule has 0 atom stereocenters. The number of hydrogen-bond donors (Lipinski definition) is 3. The predicted octanol–water partition coefficient (Wildman–Crippen LogP) is 0.799. The highest BCUT2D eigenvalue weighted by Crippen LogP contribution is 2.36. The molecular weight excluding hydrogens is 274 g/mol. The van der Waals surface area contributed by atoms with E-state index in [2.05, 4.69) is 10.6 Å². The molecule has 1 aliphatic heterocycles. The van der Waals surface area contributed by atoms with Crippen LogP contribution in [0.3, 0.4) is 0 Å². The van der Waals surface area contributed by atoms with Gasteiger partial charge in [0.05, 0.1) is 5.41 Å². The summed E-state index contributed by atoms with van der Waals surface area (Å²) in [5.41, 5.74) is -0.687. The molecule has 0 aromatic carbocycles. The first-order valence-electron chi connectivity index (χ1n) is 7.42. The number of rotatable bonds is 6. The highest BCUT2D eigenvalue weighted by atomic mass is 16.4. The van der Waals surface area contributed by atoms with E-state index in [-0.39, 0.29) is 24.9 Å². The van der Waals surface area contributed by atoms with Crippen LogP contribution in [0.2, 0.25) is 0 Å². The summed E-state index contributed by atoms with van der Waals surface area (Å²) in [7, 11) is 1.55. The zero-order chi connectivity index (χ0) is 15.9. The molecule has 0 bridgehead atoms. The van der Waals surface area contributed by atoms with Crippen LogP contribution in [-0.4, -0.2) is 54.6 Å². The van der Waals surface area contributed by atoms with E-state index in [9.17, 15) is 19.5 Å². The van der Waals surface area contributed by atoms with Crippen LogP contribution in [0.15, 0.2) is 0 Å². The Morgan fingerprint density at radius 2 is 1.86 bits per heavy atom. The van der Waals surface area contributed by atoms with Crippen molar-refractivity contribution in [3.05, 3.63) is 0 Å². The number of nitrogens with one attached hydrogen (secondary N) is 2. The standard InChI is InChI=1S/C14H25N3O4/c1-3-5-14(12(19)20)6-9-17(10-7-14)13(21)16-8-4-11(18)15-2/h3-10H2,1-2H3,(H,15,18)(H,16,21)(H,19,20). The van der Waals surface area contributed by atoms with Crippen molar-refractivity contribution in [2.24, 2.45) is 5.41 Å². The largest absolute Gasteiger partial charge is 0.481 e. The minimum Gasteiger partial charge on any atom is -0.481 e. The van der Waals surface area contributed by atoms with Crippen LogP contribution in [0.4, 0.5) is 4.79 Å². The van der Waals surface area contributed by atoms with E-state index in [0.717, 1.165) is 6.42 Å². The maximum Gasteiger partial charge on any atom is 0.317 e. The van der Waals surface area contributed by atoms with Gasteiger partial charge in [0.15, 0.2) is 0 Å². The van der Waals surface area contributed by atoms with Crippen LogP contribution in [0.1, 0.15) is 39.0 Å². The summed E-state index contributed by atoms with van der Waals surface area (Å²) in [6.45, 7) is 3.15. The fraction of sp³-hybridized carbons (Fsp3) is 0.786. The molecular formula is C14H25N3O4. The second-order valence-corrected chi connectivity index (χ2v) is 5.48. The lowest BCUT2D eigenvalue weighted by atomic mass is 9.75. The van der Waals surface area contributed by atoms with Crippen molar-refractivity contribution in [2.75, 3.05) is 26.7 Å². The molecule has 1 rings (SSSR count). The number of carbonyl (C=O) groups is 3. The van der Waals surface area contributed by atoms with E-state index >= 15 is 0 Å². The summed E-state index contributed by atoms with van der Waals surface area (Å²) in [5.74, 6) is -0.884. The van der Waals surface area contributed by atoms with Crippen LogP contribution in [0, 0.1) is 5.41 Å². The second kappa shape index (κ2) is 7.85. The van der Waals surface area contributed by atoms with Gasteiger partial charge in [-0.15, -0.1) is 0 Å². The predicted molar refractivity (Wildman–Crippen MR) is 77.9 cm³/mol. The third-order valence-electron chi connectivity index (χ3n) is 4.10. The normalized spacial score (nSPS) is 17.1. The first-order valence-corrected chi connectivity index (χ1v) is 7.42. The first kappa shape index (κ1) is 17.3. The molecule has 3 amide bonds. The van der Waals surface area contributed by atoms with Crippen molar-refractivity contribution >= 4 is 17.9 Å². The summed E-state index contributed by atoms with van der Waals surface area (Å²) < 4.78 is 0. The first-order chi connectivity index (χ1) is 9.95. The Balaban J connectivity index is 2.42. The summed E-state index contributed by atoms with van der Waals surface area (Å²) in [6.07, 6.45) is 2.68. The molecule has 0 aliphatic carbocycles. The Bertz CT molecular complexity index is 390. The zero-order valence-corrected chi connectivity index (χ0v) is 12.8. The molecule has 0 aromatic rings. The number of carbonyl (C=O) groups excluding carboxylic acids is 2. The molecule has 0 radical (unpaired) electrons. The third kappa shape index (κ3) is 4.61. The van der Waals surface area contributed by atoms with Crippen LogP contribution >= 0.6 is 0 Å². The number of nitrogens with zero attached hydrogens (tertiary/aromatic N) is 1. The summed E-state index contributed by atoms with van der Waals surface area (Å²) in [4.78, 5) is 36.1. The molecule has 1 heterocycles. The van der Waals surface area contributed by atoms with E-state index in [1.807, 2.05) is 6.92 Å². The van der Waals surface area contributed by atoms with Gasteiger partial charge < -0.3 is 20.6 Å². The van der Waals surface area contributed by atoms with Gasteiger partial charge in [0.25, 0.3) is 0 Å². The van der Waals surface area contributed by atoms with Gasteiger partial charge in [-0.25, -0.2) is 4.79 Å². The number of likely N-dealkylation sites (tertiary alicyclic amines) is 1. The number of aliphatic carboxylic acids is 1. The highest BCUT2D eigenvalue weighted by Gasteiger charge is 2.41. The van der Waals surface area contributed by atoms with Crippen molar-refractivity contribution in [1.29, 1.82) is 0 Å². The molecule has 21 heavy (non-hydrogen) atoms. The van der Waals surface area contributed by atoms with Gasteiger partial charge in [-0.05, 0) is 19.3 Å². The van der Waals surface area contributed by atoms with Gasteiger partial charge in [-0.2, -0.15) is 0 Å². The number of carboxylic acids is 1. The Morgan fingerprint density at radius 3 is 2.33 bits per heavy atom. The smallest absolute Gasteiger partial charge is 0.317 e. The summed E-state index contributed by atoms with van der Waals surface area (Å²) >= 11 is 0. The fourth-order valence-corrected chi connectivity index (χ4v) is 2.71. The topological polar surface area (TPSA) is 98.7 Å². The maximum absolute atomic E-state index is 11.9. The second-order valence-electron chi connectivity index (χ2n) is 5.48. The molecule has 0 spiro atoms. The summed E-state index contributed by atoms with van der Waals surface area (Å²) in [6, 6.07) is -0.227. The van der Waals surface area contributed by atoms with Crippen LogP contribution in [0.25, 0.3) is 0 Å². The number of carboxylic acid groups (broad SMARTS) is 1. The number of urea groups is 1. The Morgan fingerprint density at radius 1 is 1.24 bits per heavy atom. The number of amides is 3. The van der Waals surface area contributed by atoms with E-state index in [1.54, 1.807) is 11.9 Å². The molecule has 1 aliphatic rings. The Kier molecular flexibility index (Phi) is 6.45. The van der Waals surface area contributed by atoms with Crippen LogP contribution < -0.4 is 10.6 Å². The third-order valence-corrected chi connectivity index (χ3v) is 4.10. The monoisotopic (exact) mass is 299 g/mol. The minimum absolute atomic E-state index is 0.123. The van der Waals surface area contributed by atoms with E-state index in [1.165, 1.54) is 0 Å². The molecule has 7 nitrogen and oxygen atoms in total. The van der Waals surface area contributed by atoms with Gasteiger partial charge in [0.1, 0.15) is 0 Å². The Labute approximate surface area is 125 Å². The van der Waals surface area contributed by atoms with Gasteiger partial charge in [-0.1, -0.05) is 13.3 Å². The molecule has 1 fully saturated rings. The van der Waals surface area contributed by atoms with E-state index < -0.39 is 11.4 Å². The lowest BCUT2D eigenvalue weighted by Crippen LogP contribution is -2.50. The number of piperidine rings is 1. The lowest BCUT2D eigenvalue weighted by molar-refractivity contribution is -0.152. The summed E-state index contributed by atoms with van der Waals surface area (Å²) in [5, 5.41) is 14.6. The zero-order valence-electron chi connectivity index (χ0n) is 12.8. The molecule has 120 valence electrons. The SMILES string of the molecule is CCCC1(C(=O)O)CCN(C(=O)NCCC(=O)NC)CC1. The molecule has 3 N–H and O–H groups in total.